The Morgan fingerprint density at radius 1 is 1.08 bits per heavy atom. The van der Waals surface area contributed by atoms with Crippen molar-refractivity contribution in [3.63, 3.8) is 0 Å². The van der Waals surface area contributed by atoms with E-state index in [1.165, 1.54) is 28.8 Å². The average Bonchev–Trinajstić information content (AvgIpc) is 3.50. The van der Waals surface area contributed by atoms with E-state index < -0.39 is 12.0 Å². The predicted octanol–water partition coefficient (Wildman–Crippen LogP) is 2.70. The maximum atomic E-state index is 13.3. The van der Waals surface area contributed by atoms with Gasteiger partial charge in [0.2, 0.25) is 5.91 Å². The monoisotopic (exact) mass is 532 g/mol. The van der Waals surface area contributed by atoms with Gasteiger partial charge in [-0.05, 0) is 42.3 Å². The maximum Gasteiger partial charge on any atom is 0.573 e. The van der Waals surface area contributed by atoms with E-state index in [0.29, 0.717) is 49.2 Å². The largest absolute Gasteiger partial charge is 0.573 e. The van der Waals surface area contributed by atoms with E-state index in [4.69, 9.17) is 4.74 Å². The number of carbonyl (C=O) groups excluding carboxylic acids is 2. The molecule has 0 saturated carbocycles. The van der Waals surface area contributed by atoms with Gasteiger partial charge in [0, 0.05) is 45.1 Å². The first-order valence-corrected chi connectivity index (χ1v) is 12.1. The number of H-pyrrole nitrogens is 1. The van der Waals surface area contributed by atoms with Crippen molar-refractivity contribution in [3.8, 4) is 5.75 Å². The number of hydrogen-bond acceptors (Lipinski definition) is 5. The van der Waals surface area contributed by atoms with Crippen molar-refractivity contribution in [2.75, 3.05) is 33.3 Å². The highest BCUT2D eigenvalue weighted by molar-refractivity contribution is 5.97. The zero-order valence-corrected chi connectivity index (χ0v) is 20.9. The van der Waals surface area contributed by atoms with E-state index >= 15 is 0 Å². The Kier molecular flexibility index (Phi) is 6.46. The minimum absolute atomic E-state index is 0.0560. The summed E-state index contributed by atoms with van der Waals surface area (Å²) >= 11 is 0. The summed E-state index contributed by atoms with van der Waals surface area (Å²) in [7, 11) is 3.22. The SMILES string of the molecule is CO[C@]12CN(C(=O)CCc3ccc(OC(F)(F)F)cc3)CC1CN(C(=O)c1ccc3[nH]c(=O)n(C)c3c1)C2. The lowest BCUT2D eigenvalue weighted by molar-refractivity contribution is -0.274. The van der Waals surface area contributed by atoms with Crippen LogP contribution < -0.4 is 10.4 Å². The third-order valence-electron chi connectivity index (χ3n) is 7.53. The molecule has 5 rings (SSSR count). The Bertz CT molecular complexity index is 1430. The molecule has 0 spiro atoms. The molecule has 12 heteroatoms. The number of alkyl halides is 3. The minimum atomic E-state index is -4.75. The van der Waals surface area contributed by atoms with Crippen LogP contribution in [0.2, 0.25) is 0 Å². The van der Waals surface area contributed by atoms with Crippen LogP contribution in [0.3, 0.4) is 0 Å². The van der Waals surface area contributed by atoms with E-state index in [1.54, 1.807) is 42.2 Å². The zero-order chi connectivity index (χ0) is 27.2. The summed E-state index contributed by atoms with van der Waals surface area (Å²) in [6.45, 7) is 1.56. The molecule has 38 heavy (non-hydrogen) atoms. The van der Waals surface area contributed by atoms with Crippen LogP contribution in [0.25, 0.3) is 11.0 Å². The fraction of sp³-hybridized carbons (Fsp3) is 0.423. The van der Waals surface area contributed by atoms with Crippen molar-refractivity contribution in [1.82, 2.24) is 19.4 Å². The van der Waals surface area contributed by atoms with E-state index in [1.807, 2.05) is 0 Å². The lowest BCUT2D eigenvalue weighted by Gasteiger charge is -2.28. The first-order valence-electron chi connectivity index (χ1n) is 12.1. The third-order valence-corrected chi connectivity index (χ3v) is 7.53. The van der Waals surface area contributed by atoms with E-state index in [-0.39, 0.29) is 35.6 Å². The summed E-state index contributed by atoms with van der Waals surface area (Å²) in [5.74, 6) is -0.608. The Labute approximate surface area is 215 Å². The number of fused-ring (bicyclic) bond motifs is 2. The van der Waals surface area contributed by atoms with Gasteiger partial charge in [-0.2, -0.15) is 0 Å². The van der Waals surface area contributed by atoms with E-state index in [0.717, 1.165) is 5.56 Å². The fourth-order valence-electron chi connectivity index (χ4n) is 5.45. The van der Waals surface area contributed by atoms with Crippen LogP contribution in [0.4, 0.5) is 13.2 Å². The fourth-order valence-corrected chi connectivity index (χ4v) is 5.45. The van der Waals surface area contributed by atoms with Crippen LogP contribution in [0.1, 0.15) is 22.3 Å². The molecule has 2 fully saturated rings. The molecule has 2 saturated heterocycles. The third kappa shape index (κ3) is 4.87. The number of methoxy groups -OCH3 is 1. The summed E-state index contributed by atoms with van der Waals surface area (Å²) < 4.78 is 48.2. The summed E-state index contributed by atoms with van der Waals surface area (Å²) in [4.78, 5) is 44.3. The summed E-state index contributed by atoms with van der Waals surface area (Å²) in [6, 6.07) is 10.6. The standard InChI is InChI=1S/C26H27F3N4O5/c1-31-21-11-17(6-9-20(21)30-24(31)36)23(35)33-13-18-12-32(14-25(18,15-33)37-2)22(34)10-5-16-3-7-19(8-4-16)38-26(27,28)29/h3-4,6-9,11,18H,5,10,12-15H2,1-2H3,(H,30,36)/t18?,25-/m0/s1. The minimum Gasteiger partial charge on any atom is -0.406 e. The highest BCUT2D eigenvalue weighted by Crippen LogP contribution is 2.38. The van der Waals surface area contributed by atoms with Crippen LogP contribution >= 0.6 is 0 Å². The average molecular weight is 533 g/mol. The van der Waals surface area contributed by atoms with Crippen LogP contribution in [0.15, 0.2) is 47.3 Å². The predicted molar refractivity (Wildman–Crippen MR) is 131 cm³/mol. The van der Waals surface area contributed by atoms with Gasteiger partial charge in [0.05, 0.1) is 24.1 Å². The lowest BCUT2D eigenvalue weighted by atomic mass is 9.95. The molecule has 1 aromatic heterocycles. The van der Waals surface area contributed by atoms with Crippen LogP contribution in [0.5, 0.6) is 5.75 Å². The van der Waals surface area contributed by atoms with Crippen LogP contribution in [-0.4, -0.2) is 76.4 Å². The number of nitrogens with zero attached hydrogens (tertiary/aromatic N) is 3. The Balaban J connectivity index is 1.20. The van der Waals surface area contributed by atoms with Crippen LogP contribution in [0, 0.1) is 5.92 Å². The van der Waals surface area contributed by atoms with Crippen molar-refractivity contribution in [1.29, 1.82) is 0 Å². The van der Waals surface area contributed by atoms with Gasteiger partial charge in [0.15, 0.2) is 0 Å². The van der Waals surface area contributed by atoms with Gasteiger partial charge in [-0.1, -0.05) is 12.1 Å². The number of aromatic nitrogens is 2. The van der Waals surface area contributed by atoms with Gasteiger partial charge in [-0.25, -0.2) is 4.79 Å². The lowest BCUT2D eigenvalue weighted by Crippen LogP contribution is -2.44. The zero-order valence-electron chi connectivity index (χ0n) is 20.9. The Morgan fingerprint density at radius 3 is 2.42 bits per heavy atom. The number of likely N-dealkylation sites (tertiary alicyclic amines) is 2. The molecule has 2 aliphatic rings. The molecular formula is C26H27F3N4O5. The maximum absolute atomic E-state index is 13.3. The molecule has 1 unspecified atom stereocenters. The van der Waals surface area contributed by atoms with Crippen LogP contribution in [-0.2, 0) is 23.0 Å². The van der Waals surface area contributed by atoms with Crippen molar-refractivity contribution < 1.29 is 32.2 Å². The summed E-state index contributed by atoms with van der Waals surface area (Å²) in [5.41, 5.74) is 1.56. The number of aromatic amines is 1. The topological polar surface area (TPSA) is 96.9 Å². The van der Waals surface area contributed by atoms with Gasteiger partial charge in [0.1, 0.15) is 11.4 Å². The van der Waals surface area contributed by atoms with Gasteiger partial charge in [-0.3, -0.25) is 14.2 Å². The first-order chi connectivity index (χ1) is 18.0. The molecule has 202 valence electrons. The molecule has 0 aliphatic carbocycles. The number of amides is 2. The Hall–Kier alpha value is -3.80. The van der Waals surface area contributed by atoms with Crippen molar-refractivity contribution in [3.05, 3.63) is 64.1 Å². The molecular weight excluding hydrogens is 505 g/mol. The summed E-state index contributed by atoms with van der Waals surface area (Å²) in [6.07, 6.45) is -4.18. The molecule has 2 aliphatic heterocycles. The second kappa shape index (κ2) is 9.50. The molecule has 1 N–H and O–H groups in total. The number of imidazole rings is 1. The van der Waals surface area contributed by atoms with Gasteiger partial charge >= 0.3 is 12.1 Å². The van der Waals surface area contributed by atoms with Gasteiger partial charge < -0.3 is 24.3 Å². The number of aryl methyl sites for hydroxylation is 2. The number of nitrogens with one attached hydrogen (secondary N) is 1. The number of benzene rings is 2. The molecule has 9 nitrogen and oxygen atoms in total. The second-order valence-electron chi connectivity index (χ2n) is 9.84. The molecule has 3 aromatic rings. The van der Waals surface area contributed by atoms with E-state index in [2.05, 4.69) is 9.72 Å². The van der Waals surface area contributed by atoms with Crippen molar-refractivity contribution >= 4 is 22.8 Å². The summed E-state index contributed by atoms with van der Waals surface area (Å²) in [5, 5.41) is 0. The second-order valence-corrected chi connectivity index (χ2v) is 9.84. The Morgan fingerprint density at radius 2 is 1.76 bits per heavy atom. The smallest absolute Gasteiger partial charge is 0.406 e. The number of rotatable bonds is 6. The van der Waals surface area contributed by atoms with E-state index in [9.17, 15) is 27.6 Å². The molecule has 3 heterocycles. The number of halogens is 3. The van der Waals surface area contributed by atoms with Gasteiger partial charge in [0.25, 0.3) is 5.91 Å². The number of hydrogen-bond donors (Lipinski definition) is 1. The van der Waals surface area contributed by atoms with Crippen molar-refractivity contribution in [2.45, 2.75) is 24.8 Å². The first kappa shape index (κ1) is 25.8. The van der Waals surface area contributed by atoms with Gasteiger partial charge in [-0.15, -0.1) is 13.2 Å². The molecule has 0 bridgehead atoms. The number of ether oxygens (including phenoxy) is 2. The molecule has 2 amide bonds. The quantitative estimate of drug-likeness (QED) is 0.527. The highest BCUT2D eigenvalue weighted by atomic mass is 19.4. The number of carbonyl (C=O) groups is 2. The molecule has 2 atom stereocenters. The van der Waals surface area contributed by atoms with Crippen molar-refractivity contribution in [2.24, 2.45) is 13.0 Å². The molecule has 2 aromatic carbocycles. The highest BCUT2D eigenvalue weighted by Gasteiger charge is 2.55. The normalized spacial score (nSPS) is 21.2. The molecule has 0 radical (unpaired) electrons.